The van der Waals surface area contributed by atoms with E-state index < -0.39 is 0 Å². The van der Waals surface area contributed by atoms with Crippen LogP contribution in [0.3, 0.4) is 0 Å². The number of fused-ring (bicyclic) bond motifs is 1. The van der Waals surface area contributed by atoms with Crippen LogP contribution < -0.4 is 20.7 Å². The molecule has 0 aliphatic rings. The summed E-state index contributed by atoms with van der Waals surface area (Å²) < 4.78 is 10.7. The van der Waals surface area contributed by atoms with Gasteiger partial charge in [-0.05, 0) is 12.1 Å². The molecule has 20 heavy (non-hydrogen) atoms. The highest BCUT2D eigenvalue weighted by Crippen LogP contribution is 2.36. The van der Waals surface area contributed by atoms with Crippen molar-refractivity contribution in [2.24, 2.45) is 5.84 Å². The number of anilines is 1. The van der Waals surface area contributed by atoms with Crippen molar-refractivity contribution in [3.63, 3.8) is 0 Å². The monoisotopic (exact) mass is 275 g/mol. The molecule has 5 nitrogen and oxygen atoms in total. The van der Waals surface area contributed by atoms with Crippen molar-refractivity contribution in [3.8, 4) is 11.5 Å². The number of aromatic nitrogens is 1. The van der Waals surface area contributed by atoms with Gasteiger partial charge in [-0.25, -0.2) is 4.98 Å². The zero-order valence-corrected chi connectivity index (χ0v) is 12.6. The maximum absolute atomic E-state index is 5.65. The van der Waals surface area contributed by atoms with E-state index in [1.807, 2.05) is 18.2 Å². The Kier molecular flexibility index (Phi) is 3.72. The lowest BCUT2D eigenvalue weighted by molar-refractivity contribution is 0.397. The van der Waals surface area contributed by atoms with Gasteiger partial charge in [0.05, 0.1) is 19.9 Å². The van der Waals surface area contributed by atoms with Gasteiger partial charge in [-0.3, -0.25) is 5.84 Å². The summed E-state index contributed by atoms with van der Waals surface area (Å²) in [7, 11) is 3.24. The number of rotatable bonds is 3. The van der Waals surface area contributed by atoms with E-state index in [1.54, 1.807) is 14.2 Å². The van der Waals surface area contributed by atoms with Gasteiger partial charge in [-0.15, -0.1) is 0 Å². The number of hydrogen-bond donors (Lipinski definition) is 2. The third-order valence-electron chi connectivity index (χ3n) is 3.23. The summed E-state index contributed by atoms with van der Waals surface area (Å²) in [5.41, 5.74) is 5.18. The van der Waals surface area contributed by atoms with E-state index in [2.05, 4.69) is 26.2 Å². The van der Waals surface area contributed by atoms with E-state index in [9.17, 15) is 0 Å². The Labute approximate surface area is 119 Å². The second kappa shape index (κ2) is 5.17. The first kappa shape index (κ1) is 14.4. The summed E-state index contributed by atoms with van der Waals surface area (Å²) in [5.74, 6) is 7.02. The van der Waals surface area contributed by atoms with Crippen molar-refractivity contribution in [1.29, 1.82) is 0 Å². The van der Waals surface area contributed by atoms with Crippen LogP contribution in [0.4, 0.5) is 5.69 Å². The second-order valence-electron chi connectivity index (χ2n) is 5.68. The van der Waals surface area contributed by atoms with E-state index in [-0.39, 0.29) is 5.41 Å². The van der Waals surface area contributed by atoms with Gasteiger partial charge in [0.25, 0.3) is 0 Å². The SMILES string of the molecule is COc1cc(OC)c2nc(C(C)(C)C)cc(NN)c2c1. The number of hydrazine groups is 1. The Morgan fingerprint density at radius 1 is 1.10 bits per heavy atom. The maximum Gasteiger partial charge on any atom is 0.148 e. The first-order chi connectivity index (χ1) is 9.40. The zero-order valence-electron chi connectivity index (χ0n) is 12.6. The highest BCUT2D eigenvalue weighted by molar-refractivity contribution is 5.96. The molecule has 0 spiro atoms. The highest BCUT2D eigenvalue weighted by atomic mass is 16.5. The van der Waals surface area contributed by atoms with Crippen LogP contribution in [-0.2, 0) is 5.41 Å². The third kappa shape index (κ3) is 2.49. The minimum atomic E-state index is -0.0786. The van der Waals surface area contributed by atoms with Crippen molar-refractivity contribution in [1.82, 2.24) is 4.98 Å². The predicted octanol–water partition coefficient (Wildman–Crippen LogP) is 2.84. The van der Waals surface area contributed by atoms with E-state index in [0.717, 1.165) is 22.3 Å². The molecule has 0 bridgehead atoms. The number of methoxy groups -OCH3 is 2. The fourth-order valence-electron chi connectivity index (χ4n) is 2.05. The van der Waals surface area contributed by atoms with Crippen LogP contribution in [0, 0.1) is 0 Å². The number of nitrogens with one attached hydrogen (secondary N) is 1. The molecule has 2 aromatic rings. The van der Waals surface area contributed by atoms with E-state index in [4.69, 9.17) is 20.3 Å². The molecule has 1 heterocycles. The largest absolute Gasteiger partial charge is 0.497 e. The smallest absolute Gasteiger partial charge is 0.148 e. The number of nitrogens with zero attached hydrogens (tertiary/aromatic N) is 1. The average molecular weight is 275 g/mol. The fraction of sp³-hybridized carbons (Fsp3) is 0.400. The summed E-state index contributed by atoms with van der Waals surface area (Å²) in [5, 5.41) is 0.872. The number of benzene rings is 1. The zero-order chi connectivity index (χ0) is 14.9. The molecule has 0 amide bonds. The first-order valence-corrected chi connectivity index (χ1v) is 6.44. The van der Waals surface area contributed by atoms with Crippen LogP contribution in [0.2, 0.25) is 0 Å². The minimum absolute atomic E-state index is 0.0786. The van der Waals surface area contributed by atoms with Gasteiger partial charge in [-0.1, -0.05) is 20.8 Å². The van der Waals surface area contributed by atoms with Crippen molar-refractivity contribution in [2.45, 2.75) is 26.2 Å². The Balaban J connectivity index is 2.83. The fourth-order valence-corrected chi connectivity index (χ4v) is 2.05. The van der Waals surface area contributed by atoms with Gasteiger partial charge >= 0.3 is 0 Å². The molecule has 0 saturated carbocycles. The maximum atomic E-state index is 5.65. The minimum Gasteiger partial charge on any atom is -0.497 e. The summed E-state index contributed by atoms with van der Waals surface area (Å²) in [4.78, 5) is 4.73. The Hall–Kier alpha value is -2.01. The summed E-state index contributed by atoms with van der Waals surface area (Å²) in [6, 6.07) is 5.68. The number of pyridine rings is 1. The molecule has 5 heteroatoms. The molecule has 0 fully saturated rings. The molecule has 1 aromatic heterocycles. The van der Waals surface area contributed by atoms with Gasteiger partial charge in [0.15, 0.2) is 0 Å². The quantitative estimate of drug-likeness (QED) is 0.666. The summed E-state index contributed by atoms with van der Waals surface area (Å²) in [6.07, 6.45) is 0. The lowest BCUT2D eigenvalue weighted by Gasteiger charge is -2.21. The molecule has 1 aromatic carbocycles. The molecule has 0 atom stereocenters. The third-order valence-corrected chi connectivity index (χ3v) is 3.23. The molecule has 3 N–H and O–H groups in total. The van der Waals surface area contributed by atoms with Crippen molar-refractivity contribution in [2.75, 3.05) is 19.6 Å². The van der Waals surface area contributed by atoms with E-state index >= 15 is 0 Å². The molecule has 0 saturated heterocycles. The van der Waals surface area contributed by atoms with Crippen molar-refractivity contribution >= 4 is 16.6 Å². The lowest BCUT2D eigenvalue weighted by atomic mass is 9.90. The van der Waals surface area contributed by atoms with Gasteiger partial charge in [0, 0.05) is 22.6 Å². The van der Waals surface area contributed by atoms with E-state index in [1.165, 1.54) is 0 Å². The van der Waals surface area contributed by atoms with Gasteiger partial charge < -0.3 is 14.9 Å². The van der Waals surface area contributed by atoms with Crippen LogP contribution in [0.15, 0.2) is 18.2 Å². The standard InChI is InChI=1S/C15H21N3O2/c1-15(2,3)13-8-11(18-16)10-6-9(19-4)7-12(20-5)14(10)17-13/h6-8H,16H2,1-5H3,(H,17,18). The highest BCUT2D eigenvalue weighted by Gasteiger charge is 2.20. The van der Waals surface area contributed by atoms with Crippen LogP contribution >= 0.6 is 0 Å². The number of ether oxygens (including phenoxy) is 2. The van der Waals surface area contributed by atoms with Gasteiger partial charge in [0.2, 0.25) is 0 Å². The molecular weight excluding hydrogens is 254 g/mol. The van der Waals surface area contributed by atoms with E-state index in [0.29, 0.717) is 11.5 Å². The topological polar surface area (TPSA) is 69.4 Å². The Bertz CT molecular complexity index is 633. The Morgan fingerprint density at radius 2 is 1.80 bits per heavy atom. The lowest BCUT2D eigenvalue weighted by Crippen LogP contribution is -2.16. The molecular formula is C15H21N3O2. The number of nitrogen functional groups attached to an aromatic ring is 1. The Morgan fingerprint density at radius 3 is 2.30 bits per heavy atom. The van der Waals surface area contributed by atoms with Gasteiger partial charge in [-0.2, -0.15) is 0 Å². The van der Waals surface area contributed by atoms with Crippen molar-refractivity contribution < 1.29 is 9.47 Å². The number of hydrogen-bond acceptors (Lipinski definition) is 5. The number of nitrogens with two attached hydrogens (primary N) is 1. The molecule has 0 aliphatic carbocycles. The first-order valence-electron chi connectivity index (χ1n) is 6.44. The van der Waals surface area contributed by atoms with Crippen LogP contribution in [0.25, 0.3) is 10.9 Å². The second-order valence-corrected chi connectivity index (χ2v) is 5.68. The van der Waals surface area contributed by atoms with Crippen LogP contribution in [0.5, 0.6) is 11.5 Å². The van der Waals surface area contributed by atoms with Crippen LogP contribution in [-0.4, -0.2) is 19.2 Å². The molecule has 2 rings (SSSR count). The average Bonchev–Trinajstić information content (AvgIpc) is 2.43. The molecule has 108 valence electrons. The summed E-state index contributed by atoms with van der Waals surface area (Å²) >= 11 is 0. The molecule has 0 unspecified atom stereocenters. The molecule has 0 aliphatic heterocycles. The molecule has 0 radical (unpaired) electrons. The predicted molar refractivity (Wildman–Crippen MR) is 81.4 cm³/mol. The van der Waals surface area contributed by atoms with Crippen molar-refractivity contribution in [3.05, 3.63) is 23.9 Å². The van der Waals surface area contributed by atoms with Gasteiger partial charge in [0.1, 0.15) is 17.0 Å². The summed E-state index contributed by atoms with van der Waals surface area (Å²) in [6.45, 7) is 6.33. The van der Waals surface area contributed by atoms with Crippen LogP contribution in [0.1, 0.15) is 26.5 Å². The normalized spacial score (nSPS) is 11.5.